The van der Waals surface area contributed by atoms with Crippen LogP contribution in [0.5, 0.6) is 0 Å². The van der Waals surface area contributed by atoms with Gasteiger partial charge in [0.2, 0.25) is 0 Å². The van der Waals surface area contributed by atoms with Crippen LogP contribution in [0.3, 0.4) is 0 Å². The van der Waals surface area contributed by atoms with Gasteiger partial charge >= 0.3 is 5.97 Å². The van der Waals surface area contributed by atoms with Crippen LogP contribution in [0.25, 0.3) is 0 Å². The van der Waals surface area contributed by atoms with E-state index in [0.29, 0.717) is 6.54 Å². The molecule has 0 atom stereocenters. The van der Waals surface area contributed by atoms with Crippen molar-refractivity contribution in [3.8, 4) is 0 Å². The summed E-state index contributed by atoms with van der Waals surface area (Å²) in [6.07, 6.45) is 3.05. The number of aromatic carboxylic acids is 1. The molecule has 2 aromatic rings. The summed E-state index contributed by atoms with van der Waals surface area (Å²) < 4.78 is 2.82. The van der Waals surface area contributed by atoms with Gasteiger partial charge in [-0.25, -0.2) is 9.78 Å². The minimum absolute atomic E-state index is 0.0746. The molecule has 0 saturated carbocycles. The fourth-order valence-corrected chi connectivity index (χ4v) is 2.67. The summed E-state index contributed by atoms with van der Waals surface area (Å²) >= 11 is 4.99. The first kappa shape index (κ1) is 10.4. The number of rotatable bonds is 3. The van der Waals surface area contributed by atoms with E-state index >= 15 is 0 Å². The van der Waals surface area contributed by atoms with Gasteiger partial charge < -0.3 is 9.67 Å². The molecule has 0 aromatic carbocycles. The zero-order valence-electron chi connectivity index (χ0n) is 7.55. The number of imidazole rings is 1. The summed E-state index contributed by atoms with van der Waals surface area (Å²) in [5.41, 5.74) is 0.0746. The van der Waals surface area contributed by atoms with Gasteiger partial charge in [0.05, 0.1) is 16.7 Å². The Bertz CT molecular complexity index is 492. The molecule has 0 unspecified atom stereocenters. The monoisotopic (exact) mass is 286 g/mol. The molecule has 1 N–H and O–H groups in total. The van der Waals surface area contributed by atoms with E-state index in [-0.39, 0.29) is 5.69 Å². The Morgan fingerprint density at radius 2 is 2.40 bits per heavy atom. The molecule has 6 heteroatoms. The molecular formula is C9H7BrN2O2S. The van der Waals surface area contributed by atoms with Crippen LogP contribution in [0.15, 0.2) is 28.4 Å². The Morgan fingerprint density at radius 3 is 2.93 bits per heavy atom. The number of halogens is 1. The molecule has 0 bridgehead atoms. The van der Waals surface area contributed by atoms with Crippen molar-refractivity contribution >= 4 is 33.2 Å². The standard InChI is InChI=1S/C9H7BrN2O2S/c10-8-2-1-6(15-8)3-12-4-7(9(13)14)11-5-12/h1-2,4-5H,3H2,(H,13,14). The van der Waals surface area contributed by atoms with Crippen LogP contribution in [-0.4, -0.2) is 20.6 Å². The zero-order chi connectivity index (χ0) is 10.8. The van der Waals surface area contributed by atoms with Crippen LogP contribution in [0, 0.1) is 0 Å². The number of hydrogen-bond donors (Lipinski definition) is 1. The summed E-state index contributed by atoms with van der Waals surface area (Å²) in [5.74, 6) is -0.999. The highest BCUT2D eigenvalue weighted by Gasteiger charge is 2.07. The van der Waals surface area contributed by atoms with E-state index in [9.17, 15) is 4.79 Å². The van der Waals surface area contributed by atoms with Crippen molar-refractivity contribution in [3.05, 3.63) is 39.0 Å². The fourth-order valence-electron chi connectivity index (χ4n) is 1.17. The number of thiophene rings is 1. The zero-order valence-corrected chi connectivity index (χ0v) is 9.96. The summed E-state index contributed by atoms with van der Waals surface area (Å²) in [6, 6.07) is 3.96. The van der Waals surface area contributed by atoms with E-state index in [1.807, 2.05) is 12.1 Å². The molecule has 0 saturated heterocycles. The lowest BCUT2D eigenvalue weighted by atomic mass is 10.4. The van der Waals surface area contributed by atoms with Crippen molar-refractivity contribution in [2.24, 2.45) is 0 Å². The molecule has 78 valence electrons. The lowest BCUT2D eigenvalue weighted by molar-refractivity contribution is 0.0691. The third-order valence-corrected chi connectivity index (χ3v) is 3.43. The van der Waals surface area contributed by atoms with Gasteiger partial charge in [-0.15, -0.1) is 11.3 Å². The van der Waals surface area contributed by atoms with Gasteiger partial charge in [-0.05, 0) is 28.1 Å². The van der Waals surface area contributed by atoms with Crippen LogP contribution < -0.4 is 0 Å². The molecule has 2 aromatic heterocycles. The van der Waals surface area contributed by atoms with E-state index in [1.54, 1.807) is 15.9 Å². The van der Waals surface area contributed by atoms with Crippen molar-refractivity contribution in [1.82, 2.24) is 9.55 Å². The molecule has 2 heterocycles. The first-order chi connectivity index (χ1) is 7.15. The van der Waals surface area contributed by atoms with Crippen LogP contribution in [-0.2, 0) is 6.54 Å². The molecule has 0 radical (unpaired) electrons. The Labute approximate surface area is 98.3 Å². The van der Waals surface area contributed by atoms with Gasteiger partial charge in [0.25, 0.3) is 0 Å². The van der Waals surface area contributed by atoms with Crippen LogP contribution >= 0.6 is 27.3 Å². The van der Waals surface area contributed by atoms with Crippen molar-refractivity contribution in [2.75, 3.05) is 0 Å². The molecule has 0 aliphatic heterocycles. The smallest absolute Gasteiger partial charge is 0.356 e. The van der Waals surface area contributed by atoms with Gasteiger partial charge in [-0.1, -0.05) is 0 Å². The third-order valence-electron chi connectivity index (χ3n) is 1.82. The van der Waals surface area contributed by atoms with Crippen LogP contribution in [0.2, 0.25) is 0 Å². The van der Waals surface area contributed by atoms with Crippen molar-refractivity contribution in [3.63, 3.8) is 0 Å². The normalized spacial score (nSPS) is 10.5. The Balaban J connectivity index is 2.14. The average molecular weight is 287 g/mol. The second kappa shape index (κ2) is 4.16. The highest BCUT2D eigenvalue weighted by Crippen LogP contribution is 2.22. The minimum atomic E-state index is -0.999. The molecule has 0 fully saturated rings. The molecule has 0 spiro atoms. The van der Waals surface area contributed by atoms with Crippen LogP contribution in [0.1, 0.15) is 15.4 Å². The second-order valence-corrected chi connectivity index (χ2v) is 5.49. The minimum Gasteiger partial charge on any atom is -0.476 e. The number of carboxylic acid groups (broad SMARTS) is 1. The van der Waals surface area contributed by atoms with Gasteiger partial charge in [-0.2, -0.15) is 0 Å². The summed E-state index contributed by atoms with van der Waals surface area (Å²) in [6.45, 7) is 0.649. The second-order valence-electron chi connectivity index (χ2n) is 2.94. The topological polar surface area (TPSA) is 55.1 Å². The van der Waals surface area contributed by atoms with Crippen molar-refractivity contribution in [1.29, 1.82) is 0 Å². The molecule has 4 nitrogen and oxygen atoms in total. The summed E-state index contributed by atoms with van der Waals surface area (Å²) in [7, 11) is 0. The number of carbonyl (C=O) groups is 1. The first-order valence-electron chi connectivity index (χ1n) is 4.14. The lowest BCUT2D eigenvalue weighted by Crippen LogP contribution is -1.97. The van der Waals surface area contributed by atoms with Gasteiger partial charge in [0.1, 0.15) is 0 Å². The average Bonchev–Trinajstić information content (AvgIpc) is 2.76. The molecule has 0 aliphatic carbocycles. The largest absolute Gasteiger partial charge is 0.476 e. The highest BCUT2D eigenvalue weighted by molar-refractivity contribution is 9.11. The van der Waals surface area contributed by atoms with E-state index < -0.39 is 5.97 Å². The molecule has 2 rings (SSSR count). The quantitative estimate of drug-likeness (QED) is 0.943. The van der Waals surface area contributed by atoms with Gasteiger partial charge in [0.15, 0.2) is 5.69 Å². The fraction of sp³-hybridized carbons (Fsp3) is 0.111. The maximum Gasteiger partial charge on any atom is 0.356 e. The van der Waals surface area contributed by atoms with Crippen LogP contribution in [0.4, 0.5) is 0 Å². The SMILES string of the molecule is O=C(O)c1cn(Cc2ccc(Br)s2)cn1. The number of nitrogens with zero attached hydrogens (tertiary/aromatic N) is 2. The van der Waals surface area contributed by atoms with Crippen molar-refractivity contribution in [2.45, 2.75) is 6.54 Å². The Hall–Kier alpha value is -1.14. The van der Waals surface area contributed by atoms with E-state index in [4.69, 9.17) is 5.11 Å². The molecule has 15 heavy (non-hydrogen) atoms. The van der Waals surface area contributed by atoms with Gasteiger partial charge in [-0.3, -0.25) is 0 Å². The third kappa shape index (κ3) is 2.45. The predicted molar refractivity (Wildman–Crippen MR) is 60.3 cm³/mol. The van der Waals surface area contributed by atoms with E-state index in [2.05, 4.69) is 20.9 Å². The molecule has 0 aliphatic rings. The maximum absolute atomic E-state index is 10.6. The van der Waals surface area contributed by atoms with E-state index in [0.717, 1.165) is 8.66 Å². The Kier molecular flexibility index (Phi) is 2.88. The van der Waals surface area contributed by atoms with Gasteiger partial charge in [0, 0.05) is 11.1 Å². The summed E-state index contributed by atoms with van der Waals surface area (Å²) in [5, 5.41) is 8.69. The number of hydrogen-bond acceptors (Lipinski definition) is 3. The summed E-state index contributed by atoms with van der Waals surface area (Å²) in [4.78, 5) is 15.5. The molecular weight excluding hydrogens is 280 g/mol. The predicted octanol–water partition coefficient (Wildman–Crippen LogP) is 2.45. The van der Waals surface area contributed by atoms with Crippen molar-refractivity contribution < 1.29 is 9.90 Å². The molecule has 0 amide bonds. The Morgan fingerprint density at radius 1 is 1.60 bits per heavy atom. The lowest BCUT2D eigenvalue weighted by Gasteiger charge is -1.96. The first-order valence-corrected chi connectivity index (χ1v) is 5.75. The number of aromatic nitrogens is 2. The number of carboxylic acids is 1. The van der Waals surface area contributed by atoms with E-state index in [1.165, 1.54) is 12.5 Å². The maximum atomic E-state index is 10.6. The highest BCUT2D eigenvalue weighted by atomic mass is 79.9.